The summed E-state index contributed by atoms with van der Waals surface area (Å²) in [5.41, 5.74) is 0.688. The lowest BCUT2D eigenvalue weighted by molar-refractivity contribution is -0.384. The Morgan fingerprint density at radius 1 is 1.35 bits per heavy atom. The largest absolute Gasteiger partial charge is 0.308 e. The smallest absolute Gasteiger partial charge is 0.271 e. The number of nitro benzene ring substituents is 1. The molecule has 0 radical (unpaired) electrons. The van der Waals surface area contributed by atoms with E-state index in [0.29, 0.717) is 21.2 Å². The number of nitrogens with zero attached hydrogens (tertiary/aromatic N) is 4. The maximum atomic E-state index is 11.0. The highest BCUT2D eigenvalue weighted by molar-refractivity contribution is 9.10. The molecule has 0 fully saturated rings. The second-order valence-electron chi connectivity index (χ2n) is 4.49. The molecular formula is C12H12Br2N4O2. The maximum Gasteiger partial charge on any atom is 0.271 e. The summed E-state index contributed by atoms with van der Waals surface area (Å²) in [6, 6.07) is 4.93. The van der Waals surface area contributed by atoms with Crippen LogP contribution < -0.4 is 0 Å². The van der Waals surface area contributed by atoms with Crippen molar-refractivity contribution >= 4 is 37.5 Å². The number of aromatic nitrogens is 3. The zero-order valence-corrected chi connectivity index (χ0v) is 14.0. The van der Waals surface area contributed by atoms with Gasteiger partial charge in [-0.25, -0.2) is 0 Å². The third kappa shape index (κ3) is 2.90. The monoisotopic (exact) mass is 402 g/mol. The molecule has 6 nitrogen and oxygen atoms in total. The third-order valence-corrected chi connectivity index (χ3v) is 3.71. The fourth-order valence-electron chi connectivity index (χ4n) is 1.96. The minimum atomic E-state index is -0.421. The number of rotatable bonds is 4. The van der Waals surface area contributed by atoms with E-state index in [1.807, 2.05) is 18.4 Å². The van der Waals surface area contributed by atoms with Crippen molar-refractivity contribution < 1.29 is 4.92 Å². The van der Waals surface area contributed by atoms with Crippen LogP contribution in [0.5, 0.6) is 0 Å². The van der Waals surface area contributed by atoms with E-state index in [9.17, 15) is 10.1 Å². The Hall–Kier alpha value is -1.28. The predicted molar refractivity (Wildman–Crippen MR) is 82.8 cm³/mol. The number of hydrogen-bond donors (Lipinski definition) is 0. The lowest BCUT2D eigenvalue weighted by Crippen LogP contribution is -2.07. The highest BCUT2D eigenvalue weighted by Gasteiger charge is 2.18. The summed E-state index contributed by atoms with van der Waals surface area (Å²) in [4.78, 5) is 10.5. The Morgan fingerprint density at radius 3 is 2.60 bits per heavy atom. The predicted octanol–water partition coefficient (Wildman–Crippen LogP) is 4.09. The van der Waals surface area contributed by atoms with Gasteiger partial charge in [0.15, 0.2) is 5.82 Å². The Labute approximate surface area is 132 Å². The zero-order chi connectivity index (χ0) is 14.9. The van der Waals surface area contributed by atoms with Crippen molar-refractivity contribution in [1.29, 1.82) is 0 Å². The SMILES string of the molecule is CC(C)n1c(CBr)nnc1-c1cc(Br)cc([N+](=O)[O-])c1. The molecule has 0 atom stereocenters. The number of benzene rings is 1. The molecule has 0 unspecified atom stereocenters. The molecule has 20 heavy (non-hydrogen) atoms. The first-order valence-electron chi connectivity index (χ1n) is 5.89. The van der Waals surface area contributed by atoms with Crippen molar-refractivity contribution in [3.05, 3.63) is 38.6 Å². The van der Waals surface area contributed by atoms with Crippen LogP contribution in [0.1, 0.15) is 25.7 Å². The Morgan fingerprint density at radius 2 is 2.05 bits per heavy atom. The Kier molecular flexibility index (Phi) is 4.54. The minimum Gasteiger partial charge on any atom is -0.308 e. The summed E-state index contributed by atoms with van der Waals surface area (Å²) < 4.78 is 2.60. The Bertz CT molecular complexity index is 655. The third-order valence-electron chi connectivity index (χ3n) is 2.75. The van der Waals surface area contributed by atoms with Crippen LogP contribution in [0.3, 0.4) is 0 Å². The van der Waals surface area contributed by atoms with Gasteiger partial charge in [0.1, 0.15) is 5.82 Å². The molecule has 1 heterocycles. The molecule has 106 valence electrons. The highest BCUT2D eigenvalue weighted by atomic mass is 79.9. The van der Waals surface area contributed by atoms with Gasteiger partial charge in [-0.05, 0) is 19.9 Å². The quantitative estimate of drug-likeness (QED) is 0.437. The lowest BCUT2D eigenvalue weighted by Gasteiger charge is -2.13. The summed E-state index contributed by atoms with van der Waals surface area (Å²) >= 11 is 6.67. The van der Waals surface area contributed by atoms with Crippen molar-refractivity contribution in [3.8, 4) is 11.4 Å². The van der Waals surface area contributed by atoms with E-state index >= 15 is 0 Å². The highest BCUT2D eigenvalue weighted by Crippen LogP contribution is 2.29. The number of non-ortho nitro benzene ring substituents is 1. The molecule has 0 N–H and O–H groups in total. The number of halogens is 2. The van der Waals surface area contributed by atoms with E-state index in [1.165, 1.54) is 12.1 Å². The fraction of sp³-hybridized carbons (Fsp3) is 0.333. The molecule has 0 aliphatic heterocycles. The summed E-state index contributed by atoms with van der Waals surface area (Å²) in [6.45, 7) is 4.04. The van der Waals surface area contributed by atoms with E-state index in [-0.39, 0.29) is 11.7 Å². The topological polar surface area (TPSA) is 73.8 Å². The van der Waals surface area contributed by atoms with Gasteiger partial charge in [0, 0.05) is 28.2 Å². The van der Waals surface area contributed by atoms with Gasteiger partial charge in [0.2, 0.25) is 0 Å². The molecule has 0 aliphatic rings. The van der Waals surface area contributed by atoms with Gasteiger partial charge in [0.05, 0.1) is 10.3 Å². The number of nitro groups is 1. The van der Waals surface area contributed by atoms with Crippen molar-refractivity contribution in [1.82, 2.24) is 14.8 Å². The molecule has 0 bridgehead atoms. The average Bonchev–Trinajstić information content (AvgIpc) is 2.81. The van der Waals surface area contributed by atoms with Crippen LogP contribution >= 0.6 is 31.9 Å². The van der Waals surface area contributed by atoms with Crippen LogP contribution in [-0.4, -0.2) is 19.7 Å². The standard InChI is InChI=1S/C12H12Br2N4O2/c1-7(2)17-11(6-13)15-16-12(17)8-3-9(14)5-10(4-8)18(19)20/h3-5,7H,6H2,1-2H3. The van der Waals surface area contributed by atoms with Crippen LogP contribution in [0, 0.1) is 10.1 Å². The molecule has 0 saturated heterocycles. The molecule has 2 rings (SSSR count). The van der Waals surface area contributed by atoms with Crippen LogP contribution in [0.15, 0.2) is 22.7 Å². The molecule has 0 aliphatic carbocycles. The molecule has 2 aromatic rings. The van der Waals surface area contributed by atoms with Gasteiger partial charge >= 0.3 is 0 Å². The van der Waals surface area contributed by atoms with Gasteiger partial charge in [0.25, 0.3) is 5.69 Å². The van der Waals surface area contributed by atoms with Crippen molar-refractivity contribution in [2.75, 3.05) is 0 Å². The van der Waals surface area contributed by atoms with Gasteiger partial charge < -0.3 is 4.57 Å². The second-order valence-corrected chi connectivity index (χ2v) is 5.97. The van der Waals surface area contributed by atoms with E-state index in [1.54, 1.807) is 6.07 Å². The summed E-state index contributed by atoms with van der Waals surface area (Å²) in [7, 11) is 0. The lowest BCUT2D eigenvalue weighted by atomic mass is 10.2. The zero-order valence-electron chi connectivity index (χ0n) is 10.9. The van der Waals surface area contributed by atoms with Gasteiger partial charge in [-0.2, -0.15) is 0 Å². The minimum absolute atomic E-state index is 0.0214. The van der Waals surface area contributed by atoms with Gasteiger partial charge in [-0.3, -0.25) is 10.1 Å². The number of alkyl halides is 1. The first kappa shape index (κ1) is 15.1. The van der Waals surface area contributed by atoms with Crippen LogP contribution in [0.4, 0.5) is 5.69 Å². The molecule has 1 aromatic carbocycles. The molecule has 0 saturated carbocycles. The normalized spacial score (nSPS) is 11.1. The first-order valence-corrected chi connectivity index (χ1v) is 7.80. The maximum absolute atomic E-state index is 11.0. The molecule has 8 heteroatoms. The van der Waals surface area contributed by atoms with E-state index in [2.05, 4.69) is 42.1 Å². The molecule has 1 aromatic heterocycles. The summed E-state index contributed by atoms with van der Waals surface area (Å²) in [6.07, 6.45) is 0. The van der Waals surface area contributed by atoms with Gasteiger partial charge in [-0.15, -0.1) is 10.2 Å². The summed E-state index contributed by atoms with van der Waals surface area (Å²) in [5.74, 6) is 1.41. The number of hydrogen-bond acceptors (Lipinski definition) is 4. The van der Waals surface area contributed by atoms with Crippen LogP contribution in [0.25, 0.3) is 11.4 Å². The average molecular weight is 404 g/mol. The first-order chi connectivity index (χ1) is 9.43. The second kappa shape index (κ2) is 6.01. The van der Waals surface area contributed by atoms with Gasteiger partial charge in [-0.1, -0.05) is 31.9 Å². The van der Waals surface area contributed by atoms with Crippen LogP contribution in [-0.2, 0) is 5.33 Å². The van der Waals surface area contributed by atoms with E-state index in [0.717, 1.165) is 5.82 Å². The van der Waals surface area contributed by atoms with Crippen molar-refractivity contribution in [2.24, 2.45) is 0 Å². The van der Waals surface area contributed by atoms with E-state index in [4.69, 9.17) is 0 Å². The van der Waals surface area contributed by atoms with Crippen LogP contribution in [0.2, 0.25) is 0 Å². The molecule has 0 amide bonds. The molecule has 0 spiro atoms. The summed E-state index contributed by atoms with van der Waals surface area (Å²) in [5, 5.41) is 19.8. The molecular weight excluding hydrogens is 392 g/mol. The van der Waals surface area contributed by atoms with E-state index < -0.39 is 4.92 Å². The van der Waals surface area contributed by atoms with Crippen molar-refractivity contribution in [3.63, 3.8) is 0 Å². The van der Waals surface area contributed by atoms with Crippen molar-refractivity contribution in [2.45, 2.75) is 25.2 Å². The Balaban J connectivity index is 2.62. The fourth-order valence-corrected chi connectivity index (χ4v) is 2.83.